The summed E-state index contributed by atoms with van der Waals surface area (Å²) >= 11 is 0. The van der Waals surface area contributed by atoms with E-state index in [4.69, 9.17) is 0 Å². The van der Waals surface area contributed by atoms with Crippen LogP contribution in [0.15, 0.2) is 91.0 Å². The molecule has 2 fully saturated rings. The standard InChI is InChI=1S/C33H40N2O/c1-24(2)32(27-16-10-5-11-17-27)33(36)34-31-19-18-28-22-35(23-30(28)31)21-20-29(25-12-6-3-7-13-25)26-14-8-4-9-15-26/h3-17,24,28-32H,18-23H2,1-2H3,(H,34,36)/t28-,30+,31+,32?/m1/s1. The third kappa shape index (κ3) is 5.57. The number of rotatable bonds is 9. The number of benzene rings is 3. The molecule has 3 aromatic rings. The molecule has 1 saturated heterocycles. The van der Waals surface area contributed by atoms with Crippen LogP contribution < -0.4 is 5.32 Å². The van der Waals surface area contributed by atoms with Crippen LogP contribution in [-0.4, -0.2) is 36.5 Å². The highest BCUT2D eigenvalue weighted by atomic mass is 16.2. The molecular weight excluding hydrogens is 440 g/mol. The average molecular weight is 481 g/mol. The fraction of sp³-hybridized carbons (Fsp3) is 0.424. The monoisotopic (exact) mass is 480 g/mol. The molecule has 0 spiro atoms. The van der Waals surface area contributed by atoms with Gasteiger partial charge in [0.05, 0.1) is 5.92 Å². The summed E-state index contributed by atoms with van der Waals surface area (Å²) in [5.41, 5.74) is 3.92. The Balaban J connectivity index is 1.21. The Morgan fingerprint density at radius 2 is 1.36 bits per heavy atom. The van der Waals surface area contributed by atoms with E-state index >= 15 is 0 Å². The summed E-state index contributed by atoms with van der Waals surface area (Å²) in [6.07, 6.45) is 3.46. The maximum absolute atomic E-state index is 13.4. The van der Waals surface area contributed by atoms with E-state index in [9.17, 15) is 4.79 Å². The Labute approximate surface area is 216 Å². The second-order valence-electron chi connectivity index (χ2n) is 11.2. The van der Waals surface area contributed by atoms with Gasteiger partial charge in [0.1, 0.15) is 0 Å². The number of hydrogen-bond donors (Lipinski definition) is 1. The van der Waals surface area contributed by atoms with Gasteiger partial charge in [-0.2, -0.15) is 0 Å². The number of carbonyl (C=O) groups excluding carboxylic acids is 1. The van der Waals surface area contributed by atoms with E-state index in [1.165, 1.54) is 24.1 Å². The maximum Gasteiger partial charge on any atom is 0.228 e. The molecule has 0 aromatic heterocycles. The minimum atomic E-state index is -0.0831. The van der Waals surface area contributed by atoms with Crippen LogP contribution in [0.5, 0.6) is 0 Å². The molecule has 1 unspecified atom stereocenters. The number of nitrogens with zero attached hydrogens (tertiary/aromatic N) is 1. The first-order valence-corrected chi connectivity index (χ1v) is 13.8. The van der Waals surface area contributed by atoms with E-state index in [2.05, 4.69) is 96.9 Å². The summed E-state index contributed by atoms with van der Waals surface area (Å²) in [6.45, 7) is 7.67. The van der Waals surface area contributed by atoms with Crippen molar-refractivity contribution in [3.8, 4) is 0 Å². The first kappa shape index (κ1) is 24.8. The zero-order chi connectivity index (χ0) is 24.9. The number of hydrogen-bond acceptors (Lipinski definition) is 2. The van der Waals surface area contributed by atoms with Gasteiger partial charge in [-0.3, -0.25) is 4.79 Å². The first-order valence-electron chi connectivity index (χ1n) is 13.8. The molecule has 1 amide bonds. The molecule has 1 saturated carbocycles. The molecule has 3 nitrogen and oxygen atoms in total. The molecule has 5 rings (SSSR count). The van der Waals surface area contributed by atoms with Gasteiger partial charge in [-0.25, -0.2) is 0 Å². The SMILES string of the molecule is CC(C)C(C(=O)N[C@H]1CC[C@@H]2CN(CCC(c3ccccc3)c3ccccc3)C[C@@H]21)c1ccccc1. The Morgan fingerprint density at radius 3 is 1.92 bits per heavy atom. The predicted molar refractivity (Wildman–Crippen MR) is 148 cm³/mol. The predicted octanol–water partition coefficient (Wildman–Crippen LogP) is 6.48. The van der Waals surface area contributed by atoms with Crippen LogP contribution in [0.2, 0.25) is 0 Å². The van der Waals surface area contributed by atoms with Crippen LogP contribution in [0.25, 0.3) is 0 Å². The van der Waals surface area contributed by atoms with Crippen LogP contribution in [0.4, 0.5) is 0 Å². The van der Waals surface area contributed by atoms with Crippen LogP contribution in [-0.2, 0) is 4.79 Å². The second-order valence-corrected chi connectivity index (χ2v) is 11.2. The third-order valence-electron chi connectivity index (χ3n) is 8.51. The second kappa shape index (κ2) is 11.4. The topological polar surface area (TPSA) is 32.3 Å². The number of nitrogens with one attached hydrogen (secondary N) is 1. The van der Waals surface area contributed by atoms with E-state index in [0.717, 1.165) is 31.5 Å². The van der Waals surface area contributed by atoms with Crippen LogP contribution in [0.1, 0.15) is 61.6 Å². The van der Waals surface area contributed by atoms with Crippen molar-refractivity contribution in [2.24, 2.45) is 17.8 Å². The van der Waals surface area contributed by atoms with Crippen molar-refractivity contribution in [2.45, 2.75) is 51.0 Å². The average Bonchev–Trinajstić information content (AvgIpc) is 3.47. The third-order valence-corrected chi connectivity index (χ3v) is 8.51. The van der Waals surface area contributed by atoms with Gasteiger partial charge >= 0.3 is 0 Å². The Bertz CT molecular complexity index is 1060. The number of likely N-dealkylation sites (tertiary alicyclic amines) is 1. The van der Waals surface area contributed by atoms with Crippen LogP contribution >= 0.6 is 0 Å². The van der Waals surface area contributed by atoms with Gasteiger partial charge in [0, 0.05) is 25.0 Å². The zero-order valence-electron chi connectivity index (χ0n) is 21.7. The van der Waals surface area contributed by atoms with Crippen molar-refractivity contribution >= 4 is 5.91 Å². The maximum atomic E-state index is 13.4. The lowest BCUT2D eigenvalue weighted by Crippen LogP contribution is -2.43. The summed E-state index contributed by atoms with van der Waals surface area (Å²) < 4.78 is 0. The van der Waals surface area contributed by atoms with Crippen LogP contribution in [0.3, 0.4) is 0 Å². The van der Waals surface area contributed by atoms with Crippen molar-refractivity contribution in [1.29, 1.82) is 0 Å². The van der Waals surface area contributed by atoms with Crippen molar-refractivity contribution in [1.82, 2.24) is 10.2 Å². The molecule has 0 radical (unpaired) electrons. The normalized spacial score (nSPS) is 22.6. The summed E-state index contributed by atoms with van der Waals surface area (Å²) in [7, 11) is 0. The molecule has 1 aliphatic carbocycles. The highest BCUT2D eigenvalue weighted by molar-refractivity contribution is 5.84. The largest absolute Gasteiger partial charge is 0.352 e. The lowest BCUT2D eigenvalue weighted by molar-refractivity contribution is -0.124. The van der Waals surface area contributed by atoms with E-state index < -0.39 is 0 Å². The molecule has 36 heavy (non-hydrogen) atoms. The highest BCUT2D eigenvalue weighted by Crippen LogP contribution is 2.39. The summed E-state index contributed by atoms with van der Waals surface area (Å²) in [4.78, 5) is 16.1. The van der Waals surface area contributed by atoms with E-state index in [1.54, 1.807) is 0 Å². The minimum Gasteiger partial charge on any atom is -0.352 e. The van der Waals surface area contributed by atoms with Gasteiger partial charge in [-0.05, 0) is 60.3 Å². The fourth-order valence-electron chi connectivity index (χ4n) is 6.70. The number of amides is 1. The zero-order valence-corrected chi connectivity index (χ0v) is 21.7. The van der Waals surface area contributed by atoms with Gasteiger partial charge in [-0.15, -0.1) is 0 Å². The molecule has 1 aliphatic heterocycles. The quantitative estimate of drug-likeness (QED) is 0.380. The van der Waals surface area contributed by atoms with Crippen LogP contribution in [0, 0.1) is 17.8 Å². The minimum absolute atomic E-state index is 0.0831. The molecular formula is C33H40N2O. The molecule has 2 aliphatic rings. The van der Waals surface area contributed by atoms with E-state index in [1.807, 2.05) is 18.2 Å². The number of carbonyl (C=O) groups is 1. The molecule has 3 aromatic carbocycles. The van der Waals surface area contributed by atoms with Gasteiger partial charge in [0.15, 0.2) is 0 Å². The summed E-state index contributed by atoms with van der Waals surface area (Å²) in [5.74, 6) is 2.09. The van der Waals surface area contributed by atoms with Gasteiger partial charge in [-0.1, -0.05) is 105 Å². The van der Waals surface area contributed by atoms with E-state index in [-0.39, 0.29) is 17.7 Å². The molecule has 1 heterocycles. The lowest BCUT2D eigenvalue weighted by Gasteiger charge is -2.27. The highest BCUT2D eigenvalue weighted by Gasteiger charge is 2.43. The van der Waals surface area contributed by atoms with Gasteiger partial charge in [0.25, 0.3) is 0 Å². The van der Waals surface area contributed by atoms with Gasteiger partial charge < -0.3 is 10.2 Å². The van der Waals surface area contributed by atoms with Crippen molar-refractivity contribution in [3.05, 3.63) is 108 Å². The lowest BCUT2D eigenvalue weighted by atomic mass is 9.87. The molecule has 188 valence electrons. The summed E-state index contributed by atoms with van der Waals surface area (Å²) in [6, 6.07) is 32.4. The van der Waals surface area contributed by atoms with Crippen molar-refractivity contribution in [2.75, 3.05) is 19.6 Å². The van der Waals surface area contributed by atoms with Crippen molar-refractivity contribution < 1.29 is 4.79 Å². The number of fused-ring (bicyclic) bond motifs is 1. The Hall–Kier alpha value is -2.91. The molecule has 1 N–H and O–H groups in total. The molecule has 0 bridgehead atoms. The fourth-order valence-corrected chi connectivity index (χ4v) is 6.70. The Kier molecular flexibility index (Phi) is 7.87. The smallest absolute Gasteiger partial charge is 0.228 e. The Morgan fingerprint density at radius 1 is 0.806 bits per heavy atom. The molecule has 3 heteroatoms. The first-order chi connectivity index (χ1) is 17.6. The van der Waals surface area contributed by atoms with Crippen molar-refractivity contribution in [3.63, 3.8) is 0 Å². The van der Waals surface area contributed by atoms with Gasteiger partial charge in [0.2, 0.25) is 5.91 Å². The summed E-state index contributed by atoms with van der Waals surface area (Å²) in [5, 5.41) is 3.50. The van der Waals surface area contributed by atoms with E-state index in [0.29, 0.717) is 23.8 Å². The molecule has 4 atom stereocenters.